The van der Waals surface area contributed by atoms with Crippen molar-refractivity contribution in [1.82, 2.24) is 4.98 Å². The van der Waals surface area contributed by atoms with Crippen molar-refractivity contribution in [2.75, 3.05) is 25.1 Å². The van der Waals surface area contributed by atoms with Gasteiger partial charge in [0.2, 0.25) is 0 Å². The van der Waals surface area contributed by atoms with Gasteiger partial charge < -0.3 is 14.7 Å². The molecule has 1 N–H and O–H groups in total. The van der Waals surface area contributed by atoms with E-state index in [1.54, 1.807) is 19.2 Å². The van der Waals surface area contributed by atoms with Crippen LogP contribution >= 0.6 is 0 Å². The molecule has 15 heavy (non-hydrogen) atoms. The first kappa shape index (κ1) is 9.92. The first-order valence-corrected chi connectivity index (χ1v) is 4.68. The third-order valence-electron chi connectivity index (χ3n) is 2.51. The SMILES string of the molecule is COC1CN(c2ccnc(C(=O)O)c2)C1. The molecule has 0 bridgehead atoms. The molecule has 1 aliphatic heterocycles. The lowest BCUT2D eigenvalue weighted by Gasteiger charge is -2.39. The normalized spacial score (nSPS) is 16.2. The first-order valence-electron chi connectivity index (χ1n) is 4.68. The number of pyridine rings is 1. The van der Waals surface area contributed by atoms with Gasteiger partial charge in [-0.05, 0) is 12.1 Å². The number of ether oxygens (including phenoxy) is 1. The average Bonchev–Trinajstić information content (AvgIpc) is 2.16. The minimum absolute atomic E-state index is 0.0772. The summed E-state index contributed by atoms with van der Waals surface area (Å²) < 4.78 is 5.14. The quantitative estimate of drug-likeness (QED) is 0.788. The number of hydrogen-bond donors (Lipinski definition) is 1. The second kappa shape index (κ2) is 3.86. The Morgan fingerprint density at radius 3 is 3.00 bits per heavy atom. The van der Waals surface area contributed by atoms with Gasteiger partial charge in [-0.1, -0.05) is 0 Å². The van der Waals surface area contributed by atoms with Crippen LogP contribution in [0.25, 0.3) is 0 Å². The van der Waals surface area contributed by atoms with Crippen molar-refractivity contribution in [3.8, 4) is 0 Å². The number of carbonyl (C=O) groups is 1. The lowest BCUT2D eigenvalue weighted by atomic mass is 10.1. The van der Waals surface area contributed by atoms with E-state index in [4.69, 9.17) is 9.84 Å². The van der Waals surface area contributed by atoms with Crippen molar-refractivity contribution in [2.24, 2.45) is 0 Å². The average molecular weight is 208 g/mol. The molecule has 0 atom stereocenters. The van der Waals surface area contributed by atoms with Gasteiger partial charge in [-0.2, -0.15) is 0 Å². The van der Waals surface area contributed by atoms with Gasteiger partial charge in [0.15, 0.2) is 0 Å². The Kier molecular flexibility index (Phi) is 2.55. The Morgan fingerprint density at radius 2 is 2.40 bits per heavy atom. The minimum atomic E-state index is -0.999. The Morgan fingerprint density at radius 1 is 1.67 bits per heavy atom. The van der Waals surface area contributed by atoms with Gasteiger partial charge >= 0.3 is 5.97 Å². The number of carboxylic acids is 1. The zero-order chi connectivity index (χ0) is 10.8. The maximum Gasteiger partial charge on any atom is 0.354 e. The van der Waals surface area contributed by atoms with Gasteiger partial charge in [0, 0.05) is 32.1 Å². The summed E-state index contributed by atoms with van der Waals surface area (Å²) in [5, 5.41) is 8.77. The maximum atomic E-state index is 10.7. The van der Waals surface area contributed by atoms with Crippen LogP contribution < -0.4 is 4.90 Å². The zero-order valence-corrected chi connectivity index (χ0v) is 8.38. The molecule has 2 heterocycles. The van der Waals surface area contributed by atoms with Crippen LogP contribution in [-0.4, -0.2) is 42.4 Å². The number of rotatable bonds is 3. The maximum absolute atomic E-state index is 10.7. The van der Waals surface area contributed by atoms with Crippen LogP contribution in [0.3, 0.4) is 0 Å². The predicted octanol–water partition coefficient (Wildman–Crippen LogP) is 0.615. The molecule has 5 nitrogen and oxygen atoms in total. The van der Waals surface area contributed by atoms with E-state index in [1.807, 2.05) is 0 Å². The molecule has 1 aromatic rings. The topological polar surface area (TPSA) is 62.7 Å². The van der Waals surface area contributed by atoms with E-state index >= 15 is 0 Å². The van der Waals surface area contributed by atoms with Crippen LogP contribution in [0.1, 0.15) is 10.5 Å². The highest BCUT2D eigenvalue weighted by atomic mass is 16.5. The van der Waals surface area contributed by atoms with E-state index < -0.39 is 5.97 Å². The molecule has 0 aromatic carbocycles. The van der Waals surface area contributed by atoms with Crippen LogP contribution in [0.2, 0.25) is 0 Å². The summed E-state index contributed by atoms with van der Waals surface area (Å²) in [6.45, 7) is 1.61. The van der Waals surface area contributed by atoms with Crippen molar-refractivity contribution in [3.63, 3.8) is 0 Å². The van der Waals surface area contributed by atoms with Crippen molar-refractivity contribution in [3.05, 3.63) is 24.0 Å². The van der Waals surface area contributed by atoms with Crippen LogP contribution in [0.15, 0.2) is 18.3 Å². The molecule has 1 aliphatic rings. The molecule has 1 saturated heterocycles. The molecule has 1 aromatic heterocycles. The highest BCUT2D eigenvalue weighted by molar-refractivity contribution is 5.86. The third kappa shape index (κ3) is 1.92. The van der Waals surface area contributed by atoms with Gasteiger partial charge in [-0.25, -0.2) is 9.78 Å². The summed E-state index contributed by atoms with van der Waals surface area (Å²) in [5.74, 6) is -0.999. The smallest absolute Gasteiger partial charge is 0.354 e. The molecule has 0 saturated carbocycles. The summed E-state index contributed by atoms with van der Waals surface area (Å²) in [4.78, 5) is 16.5. The van der Waals surface area contributed by atoms with E-state index in [2.05, 4.69) is 9.88 Å². The molecular formula is C10H12N2O3. The molecule has 0 spiro atoms. The summed E-state index contributed by atoms with van der Waals surface area (Å²) in [7, 11) is 1.68. The van der Waals surface area contributed by atoms with E-state index in [-0.39, 0.29) is 11.8 Å². The fourth-order valence-corrected chi connectivity index (χ4v) is 1.53. The Bertz CT molecular complexity index is 375. The number of carboxylic acid groups (broad SMARTS) is 1. The fraction of sp³-hybridized carbons (Fsp3) is 0.400. The second-order valence-electron chi connectivity index (χ2n) is 3.47. The number of hydrogen-bond acceptors (Lipinski definition) is 4. The predicted molar refractivity (Wildman–Crippen MR) is 54.2 cm³/mol. The summed E-state index contributed by atoms with van der Waals surface area (Å²) in [6.07, 6.45) is 1.77. The monoisotopic (exact) mass is 208 g/mol. The number of aromatic nitrogens is 1. The van der Waals surface area contributed by atoms with Gasteiger partial charge in [0.05, 0.1) is 6.10 Å². The second-order valence-corrected chi connectivity index (χ2v) is 3.47. The van der Waals surface area contributed by atoms with Crippen molar-refractivity contribution in [1.29, 1.82) is 0 Å². The molecular weight excluding hydrogens is 196 g/mol. The third-order valence-corrected chi connectivity index (χ3v) is 2.51. The molecule has 0 amide bonds. The summed E-state index contributed by atoms with van der Waals surface area (Å²) in [6, 6.07) is 3.38. The number of methoxy groups -OCH3 is 1. The number of nitrogens with zero attached hydrogens (tertiary/aromatic N) is 2. The van der Waals surface area contributed by atoms with Crippen LogP contribution in [0.4, 0.5) is 5.69 Å². The molecule has 0 radical (unpaired) electrons. The van der Waals surface area contributed by atoms with E-state index in [9.17, 15) is 4.79 Å². The van der Waals surface area contributed by atoms with Crippen molar-refractivity contribution >= 4 is 11.7 Å². The minimum Gasteiger partial charge on any atom is -0.477 e. The molecule has 1 fully saturated rings. The van der Waals surface area contributed by atoms with E-state index in [1.165, 1.54) is 6.20 Å². The number of aromatic carboxylic acids is 1. The zero-order valence-electron chi connectivity index (χ0n) is 8.38. The summed E-state index contributed by atoms with van der Waals surface area (Å²) in [5.41, 5.74) is 0.962. The van der Waals surface area contributed by atoms with Gasteiger partial charge in [-0.3, -0.25) is 0 Å². The standard InChI is InChI=1S/C10H12N2O3/c1-15-8-5-12(6-8)7-2-3-11-9(4-7)10(13)14/h2-4,8H,5-6H2,1H3,(H,13,14). The lowest BCUT2D eigenvalue weighted by Crippen LogP contribution is -2.51. The highest BCUT2D eigenvalue weighted by Gasteiger charge is 2.26. The van der Waals surface area contributed by atoms with Crippen LogP contribution in [0, 0.1) is 0 Å². The Labute approximate surface area is 87.3 Å². The molecule has 0 unspecified atom stereocenters. The van der Waals surface area contributed by atoms with Gasteiger partial charge in [0.1, 0.15) is 5.69 Å². The largest absolute Gasteiger partial charge is 0.477 e. The van der Waals surface area contributed by atoms with Crippen LogP contribution in [0.5, 0.6) is 0 Å². The Hall–Kier alpha value is -1.62. The van der Waals surface area contributed by atoms with E-state index in [0.29, 0.717) is 0 Å². The fourth-order valence-electron chi connectivity index (χ4n) is 1.53. The summed E-state index contributed by atoms with van der Waals surface area (Å²) >= 11 is 0. The van der Waals surface area contributed by atoms with Gasteiger partial charge in [0.25, 0.3) is 0 Å². The van der Waals surface area contributed by atoms with Crippen molar-refractivity contribution in [2.45, 2.75) is 6.10 Å². The van der Waals surface area contributed by atoms with Gasteiger partial charge in [-0.15, -0.1) is 0 Å². The molecule has 2 rings (SSSR count). The lowest BCUT2D eigenvalue weighted by molar-refractivity contribution is 0.0690. The number of anilines is 1. The highest BCUT2D eigenvalue weighted by Crippen LogP contribution is 2.22. The molecule has 5 heteroatoms. The molecule has 0 aliphatic carbocycles. The molecule has 80 valence electrons. The van der Waals surface area contributed by atoms with Crippen molar-refractivity contribution < 1.29 is 14.6 Å². The Balaban J connectivity index is 2.10. The first-order chi connectivity index (χ1) is 7.20. The van der Waals surface area contributed by atoms with E-state index in [0.717, 1.165) is 18.8 Å². The van der Waals surface area contributed by atoms with Crippen LogP contribution in [-0.2, 0) is 4.74 Å².